The number of halogens is 2. The first kappa shape index (κ1) is 13.3. The Bertz CT molecular complexity index is 889. The summed E-state index contributed by atoms with van der Waals surface area (Å²) in [4.78, 5) is 23.3. The molecule has 1 heterocycles. The average Bonchev–Trinajstić information content (AvgIpc) is 3.26. The number of hydrogen-bond donors (Lipinski definition) is 1. The van der Waals surface area contributed by atoms with Gasteiger partial charge in [0.05, 0.1) is 16.5 Å². The molecule has 1 aromatic carbocycles. The van der Waals surface area contributed by atoms with Gasteiger partial charge in [0.2, 0.25) is 5.43 Å². The minimum Gasteiger partial charge on any atom is -0.477 e. The molecule has 0 spiro atoms. The Balaban J connectivity index is 2.56. The number of carbonyl (C=O) groups is 1. The van der Waals surface area contributed by atoms with Crippen LogP contribution in [-0.2, 0) is 0 Å². The quantitative estimate of drug-likeness (QED) is 0.863. The van der Waals surface area contributed by atoms with Gasteiger partial charge in [0.15, 0.2) is 11.6 Å². The molecule has 0 saturated heterocycles. The lowest BCUT2D eigenvalue weighted by molar-refractivity contribution is 0.0695. The monoisotopic (exact) mass is 289 g/mol. The molecule has 21 heavy (non-hydrogen) atoms. The van der Waals surface area contributed by atoms with Crippen molar-refractivity contribution in [3.05, 3.63) is 45.2 Å². The van der Waals surface area contributed by atoms with E-state index in [1.807, 2.05) is 0 Å². The van der Waals surface area contributed by atoms with Crippen LogP contribution in [0.25, 0.3) is 10.9 Å². The number of fused-ring (bicyclic) bond motifs is 1. The lowest BCUT2D eigenvalue weighted by Gasteiger charge is -2.13. The van der Waals surface area contributed by atoms with Gasteiger partial charge in [-0.1, -0.05) is 5.92 Å². The number of aromatic carboxylic acids is 1. The maximum absolute atomic E-state index is 13.8. The number of carboxylic acids is 1. The van der Waals surface area contributed by atoms with Gasteiger partial charge in [-0.25, -0.2) is 13.6 Å². The molecular weight excluding hydrogens is 280 g/mol. The summed E-state index contributed by atoms with van der Waals surface area (Å²) < 4.78 is 28.9. The molecule has 0 radical (unpaired) electrons. The highest BCUT2D eigenvalue weighted by Crippen LogP contribution is 2.38. The number of aromatic nitrogens is 1. The molecular formula is C15H9F2NO3. The SMILES string of the molecule is C#Cc1c(F)c(F)cc2c(=O)c(C(=O)O)cn(C3CC3)c12. The van der Waals surface area contributed by atoms with E-state index in [0.29, 0.717) is 6.07 Å². The van der Waals surface area contributed by atoms with E-state index in [-0.39, 0.29) is 22.5 Å². The van der Waals surface area contributed by atoms with Crippen LogP contribution in [0.2, 0.25) is 0 Å². The molecule has 0 bridgehead atoms. The van der Waals surface area contributed by atoms with Gasteiger partial charge in [0.25, 0.3) is 0 Å². The number of pyridine rings is 1. The van der Waals surface area contributed by atoms with E-state index in [9.17, 15) is 18.4 Å². The molecule has 4 nitrogen and oxygen atoms in total. The highest BCUT2D eigenvalue weighted by atomic mass is 19.2. The molecule has 6 heteroatoms. The van der Waals surface area contributed by atoms with E-state index >= 15 is 0 Å². The number of hydrogen-bond acceptors (Lipinski definition) is 2. The fourth-order valence-corrected chi connectivity index (χ4v) is 2.39. The molecule has 0 aliphatic heterocycles. The van der Waals surface area contributed by atoms with Crippen LogP contribution in [0, 0.1) is 24.0 Å². The molecule has 1 aliphatic rings. The Kier molecular flexibility index (Phi) is 2.80. The number of rotatable bonds is 2. The van der Waals surface area contributed by atoms with E-state index in [1.165, 1.54) is 4.57 Å². The zero-order valence-corrected chi connectivity index (χ0v) is 10.7. The van der Waals surface area contributed by atoms with Crippen molar-refractivity contribution in [2.24, 2.45) is 0 Å². The van der Waals surface area contributed by atoms with Crippen molar-refractivity contribution in [2.45, 2.75) is 18.9 Å². The van der Waals surface area contributed by atoms with Gasteiger partial charge < -0.3 is 9.67 Å². The first-order chi connectivity index (χ1) is 9.95. The van der Waals surface area contributed by atoms with Gasteiger partial charge >= 0.3 is 5.97 Å². The van der Waals surface area contributed by atoms with Crippen LogP contribution in [0.4, 0.5) is 8.78 Å². The average molecular weight is 289 g/mol. The van der Waals surface area contributed by atoms with Crippen LogP contribution >= 0.6 is 0 Å². The third kappa shape index (κ3) is 1.89. The number of terminal acetylenes is 1. The fraction of sp³-hybridized carbons (Fsp3) is 0.200. The largest absolute Gasteiger partial charge is 0.477 e. The molecule has 0 amide bonds. The second-order valence-electron chi connectivity index (χ2n) is 4.90. The summed E-state index contributed by atoms with van der Waals surface area (Å²) in [5, 5.41) is 8.87. The number of benzene rings is 1. The fourth-order valence-electron chi connectivity index (χ4n) is 2.39. The molecule has 0 atom stereocenters. The van der Waals surface area contributed by atoms with Crippen molar-refractivity contribution in [2.75, 3.05) is 0 Å². The van der Waals surface area contributed by atoms with E-state index < -0.39 is 28.6 Å². The predicted molar refractivity (Wildman–Crippen MR) is 71.3 cm³/mol. The topological polar surface area (TPSA) is 59.3 Å². The van der Waals surface area contributed by atoms with Crippen LogP contribution < -0.4 is 5.43 Å². The van der Waals surface area contributed by atoms with Crippen molar-refractivity contribution < 1.29 is 18.7 Å². The lowest BCUT2D eigenvalue weighted by Crippen LogP contribution is -2.20. The number of nitrogens with zero attached hydrogens (tertiary/aromatic N) is 1. The summed E-state index contributed by atoms with van der Waals surface area (Å²) in [5.74, 6) is -1.83. The summed E-state index contributed by atoms with van der Waals surface area (Å²) in [6, 6.07) is 0.655. The van der Waals surface area contributed by atoms with Gasteiger partial charge in [0.1, 0.15) is 5.56 Å². The van der Waals surface area contributed by atoms with Crippen molar-refractivity contribution in [3.8, 4) is 12.3 Å². The van der Waals surface area contributed by atoms with Crippen LogP contribution in [0.5, 0.6) is 0 Å². The molecule has 1 saturated carbocycles. The summed E-state index contributed by atoms with van der Waals surface area (Å²) >= 11 is 0. The summed E-state index contributed by atoms with van der Waals surface area (Å²) in [6.45, 7) is 0. The maximum atomic E-state index is 13.8. The normalized spacial score (nSPS) is 14.1. The molecule has 1 N–H and O–H groups in total. The van der Waals surface area contributed by atoms with Crippen LogP contribution in [0.15, 0.2) is 17.1 Å². The molecule has 1 aliphatic carbocycles. The van der Waals surface area contributed by atoms with Crippen molar-refractivity contribution >= 4 is 16.9 Å². The Morgan fingerprint density at radius 1 is 1.43 bits per heavy atom. The zero-order valence-electron chi connectivity index (χ0n) is 10.7. The molecule has 2 aromatic rings. The standard InChI is InChI=1S/C15H9F2NO3/c1-2-8-12(17)11(16)5-9-13(8)18(7-3-4-7)6-10(14(9)19)15(20)21/h1,5-7H,3-4H2,(H,20,21). The second-order valence-corrected chi connectivity index (χ2v) is 4.90. The summed E-state index contributed by atoms with van der Waals surface area (Å²) in [7, 11) is 0. The molecule has 0 unspecified atom stereocenters. The first-order valence-electron chi connectivity index (χ1n) is 6.22. The minimum absolute atomic E-state index is 0.0526. The third-order valence-corrected chi connectivity index (χ3v) is 3.52. The van der Waals surface area contributed by atoms with Crippen molar-refractivity contribution in [1.82, 2.24) is 4.57 Å². The predicted octanol–water partition coefficient (Wildman–Crippen LogP) is 2.29. The van der Waals surface area contributed by atoms with Gasteiger partial charge in [-0.2, -0.15) is 0 Å². The second kappa shape index (κ2) is 4.42. The highest BCUT2D eigenvalue weighted by molar-refractivity contribution is 5.94. The lowest BCUT2D eigenvalue weighted by atomic mass is 10.1. The molecule has 106 valence electrons. The van der Waals surface area contributed by atoms with E-state index in [2.05, 4.69) is 5.92 Å². The number of carboxylic acid groups (broad SMARTS) is 1. The minimum atomic E-state index is -1.41. The summed E-state index contributed by atoms with van der Waals surface area (Å²) in [5.41, 5.74) is -1.63. The Morgan fingerprint density at radius 3 is 2.62 bits per heavy atom. The van der Waals surface area contributed by atoms with Crippen LogP contribution in [0.1, 0.15) is 34.8 Å². The Morgan fingerprint density at radius 2 is 2.10 bits per heavy atom. The van der Waals surface area contributed by atoms with Crippen LogP contribution in [-0.4, -0.2) is 15.6 Å². The van der Waals surface area contributed by atoms with Gasteiger partial charge in [-0.05, 0) is 18.9 Å². The van der Waals surface area contributed by atoms with E-state index in [0.717, 1.165) is 19.0 Å². The smallest absolute Gasteiger partial charge is 0.341 e. The zero-order chi connectivity index (χ0) is 15.3. The first-order valence-corrected chi connectivity index (χ1v) is 6.22. The molecule has 1 fully saturated rings. The Hall–Kier alpha value is -2.68. The van der Waals surface area contributed by atoms with Crippen molar-refractivity contribution in [3.63, 3.8) is 0 Å². The highest BCUT2D eigenvalue weighted by Gasteiger charge is 2.29. The van der Waals surface area contributed by atoms with Crippen molar-refractivity contribution in [1.29, 1.82) is 0 Å². The van der Waals surface area contributed by atoms with Crippen LogP contribution in [0.3, 0.4) is 0 Å². The molecule has 1 aromatic heterocycles. The van der Waals surface area contributed by atoms with Gasteiger partial charge in [0, 0.05) is 12.2 Å². The third-order valence-electron chi connectivity index (χ3n) is 3.52. The molecule has 3 rings (SSSR count). The van der Waals surface area contributed by atoms with E-state index in [4.69, 9.17) is 11.5 Å². The van der Waals surface area contributed by atoms with Gasteiger partial charge in [-0.15, -0.1) is 6.42 Å². The Labute approximate surface area is 117 Å². The maximum Gasteiger partial charge on any atom is 0.341 e. The summed E-state index contributed by atoms with van der Waals surface area (Å²) in [6.07, 6.45) is 7.92. The van der Waals surface area contributed by atoms with Gasteiger partial charge in [-0.3, -0.25) is 4.79 Å². The van der Waals surface area contributed by atoms with E-state index in [1.54, 1.807) is 0 Å².